The molecule has 7 heteroatoms. The number of aryl methyl sites for hydroxylation is 1. The van der Waals surface area contributed by atoms with Gasteiger partial charge in [0.1, 0.15) is 0 Å². The van der Waals surface area contributed by atoms with Gasteiger partial charge in [0.2, 0.25) is 5.91 Å². The molecule has 0 atom stereocenters. The van der Waals surface area contributed by atoms with Crippen molar-refractivity contribution in [1.29, 1.82) is 0 Å². The lowest BCUT2D eigenvalue weighted by atomic mass is 10.1. The monoisotopic (exact) mass is 350 g/mol. The summed E-state index contributed by atoms with van der Waals surface area (Å²) in [5, 5.41) is 5.33. The Morgan fingerprint density at radius 3 is 2.20 bits per heavy atom. The minimum atomic E-state index is -4.45. The Hall–Kier alpha value is -2.83. The number of halogens is 3. The highest BCUT2D eigenvalue weighted by atomic mass is 19.4. The maximum Gasteiger partial charge on any atom is 0.416 e. The van der Waals surface area contributed by atoms with E-state index < -0.39 is 17.6 Å². The molecular formula is C18H17F3N2O2. The first-order chi connectivity index (χ1) is 11.7. The number of amides is 2. The van der Waals surface area contributed by atoms with Gasteiger partial charge < -0.3 is 10.6 Å². The van der Waals surface area contributed by atoms with Gasteiger partial charge >= 0.3 is 6.18 Å². The van der Waals surface area contributed by atoms with Crippen LogP contribution in [0.2, 0.25) is 0 Å². The van der Waals surface area contributed by atoms with Crippen molar-refractivity contribution in [3.63, 3.8) is 0 Å². The smallest absolute Gasteiger partial charge is 0.326 e. The summed E-state index contributed by atoms with van der Waals surface area (Å²) in [4.78, 5) is 23.7. The second-order valence-electron chi connectivity index (χ2n) is 5.46. The van der Waals surface area contributed by atoms with Crippen molar-refractivity contribution in [2.75, 3.05) is 10.6 Å². The third-order valence-electron chi connectivity index (χ3n) is 3.57. The lowest BCUT2D eigenvalue weighted by molar-refractivity contribution is -0.137. The number of anilines is 2. The summed E-state index contributed by atoms with van der Waals surface area (Å²) in [7, 11) is 0. The van der Waals surface area contributed by atoms with Crippen LogP contribution in [0, 0.1) is 6.92 Å². The van der Waals surface area contributed by atoms with Gasteiger partial charge in [-0.2, -0.15) is 13.2 Å². The van der Waals surface area contributed by atoms with E-state index in [1.807, 2.05) is 0 Å². The van der Waals surface area contributed by atoms with Gasteiger partial charge in [0.05, 0.1) is 5.56 Å². The molecule has 4 nitrogen and oxygen atoms in total. The van der Waals surface area contributed by atoms with Crippen LogP contribution in [-0.4, -0.2) is 11.8 Å². The Morgan fingerprint density at radius 2 is 1.64 bits per heavy atom. The van der Waals surface area contributed by atoms with Crippen molar-refractivity contribution < 1.29 is 22.8 Å². The van der Waals surface area contributed by atoms with Crippen LogP contribution in [0.1, 0.15) is 34.8 Å². The highest BCUT2D eigenvalue weighted by Gasteiger charge is 2.30. The van der Waals surface area contributed by atoms with E-state index in [1.165, 1.54) is 0 Å². The Morgan fingerprint density at radius 1 is 1.00 bits per heavy atom. The van der Waals surface area contributed by atoms with Gasteiger partial charge in [0.15, 0.2) is 0 Å². The number of hydrogen-bond acceptors (Lipinski definition) is 2. The molecule has 0 fully saturated rings. The van der Waals surface area contributed by atoms with E-state index in [9.17, 15) is 22.8 Å². The lowest BCUT2D eigenvalue weighted by Gasteiger charge is -2.12. The average Bonchev–Trinajstić information content (AvgIpc) is 2.57. The van der Waals surface area contributed by atoms with Gasteiger partial charge in [-0.25, -0.2) is 0 Å². The summed E-state index contributed by atoms with van der Waals surface area (Å²) in [5.41, 5.74) is 1.05. The molecule has 0 aromatic heterocycles. The lowest BCUT2D eigenvalue weighted by Crippen LogP contribution is -2.14. The maximum absolute atomic E-state index is 12.6. The van der Waals surface area contributed by atoms with Crippen LogP contribution in [0.3, 0.4) is 0 Å². The fourth-order valence-corrected chi connectivity index (χ4v) is 2.09. The van der Waals surface area contributed by atoms with Crippen molar-refractivity contribution >= 4 is 23.2 Å². The van der Waals surface area contributed by atoms with Crippen LogP contribution in [0.25, 0.3) is 0 Å². The zero-order valence-electron chi connectivity index (χ0n) is 13.7. The molecule has 2 N–H and O–H groups in total. The molecule has 0 saturated carbocycles. The fourth-order valence-electron chi connectivity index (χ4n) is 2.09. The SMILES string of the molecule is CCC(=O)Nc1ccc(C)c(NC(=O)c2ccc(C(F)(F)F)cc2)c1. The van der Waals surface area contributed by atoms with Gasteiger partial charge in [-0.3, -0.25) is 9.59 Å². The van der Waals surface area contributed by atoms with E-state index in [2.05, 4.69) is 10.6 Å². The number of rotatable bonds is 4. The molecule has 2 rings (SSSR count). The molecule has 0 spiro atoms. The Kier molecular flexibility index (Phi) is 5.46. The standard InChI is InChI=1S/C18H17F3N2O2/c1-3-16(24)22-14-9-4-11(2)15(10-14)23-17(25)12-5-7-13(8-6-12)18(19,20)21/h4-10H,3H2,1-2H3,(H,22,24)(H,23,25). The predicted octanol–water partition coefficient (Wildman–Crippen LogP) is 4.61. The quantitative estimate of drug-likeness (QED) is 0.846. The first-order valence-electron chi connectivity index (χ1n) is 7.60. The molecule has 25 heavy (non-hydrogen) atoms. The zero-order valence-corrected chi connectivity index (χ0v) is 13.7. The molecule has 0 aliphatic heterocycles. The summed E-state index contributed by atoms with van der Waals surface area (Å²) in [5.74, 6) is -0.695. The molecule has 0 radical (unpaired) electrons. The topological polar surface area (TPSA) is 58.2 Å². The number of carbonyl (C=O) groups is 2. The van der Waals surface area contributed by atoms with E-state index >= 15 is 0 Å². The van der Waals surface area contributed by atoms with Crippen LogP contribution >= 0.6 is 0 Å². The summed E-state index contributed by atoms with van der Waals surface area (Å²) >= 11 is 0. The zero-order chi connectivity index (χ0) is 18.6. The van der Waals surface area contributed by atoms with Gasteiger partial charge in [0.25, 0.3) is 5.91 Å². The molecule has 0 saturated heterocycles. The molecular weight excluding hydrogens is 333 g/mol. The van der Waals surface area contributed by atoms with Crippen molar-refractivity contribution in [3.05, 3.63) is 59.2 Å². The van der Waals surface area contributed by atoms with Crippen LogP contribution < -0.4 is 10.6 Å². The van der Waals surface area contributed by atoms with Crippen LogP contribution in [0.4, 0.5) is 24.5 Å². The summed E-state index contributed by atoms with van der Waals surface area (Å²) in [6, 6.07) is 9.00. The van der Waals surface area contributed by atoms with E-state index in [1.54, 1.807) is 32.0 Å². The summed E-state index contributed by atoms with van der Waals surface area (Å²) in [6.45, 7) is 3.49. The molecule has 132 valence electrons. The van der Waals surface area contributed by atoms with Crippen molar-refractivity contribution in [3.8, 4) is 0 Å². The van der Waals surface area contributed by atoms with E-state index in [4.69, 9.17) is 0 Å². The largest absolute Gasteiger partial charge is 0.416 e. The number of benzene rings is 2. The van der Waals surface area contributed by atoms with E-state index in [0.29, 0.717) is 17.8 Å². The Labute approximate surface area is 143 Å². The van der Waals surface area contributed by atoms with E-state index in [0.717, 1.165) is 29.8 Å². The first-order valence-corrected chi connectivity index (χ1v) is 7.60. The maximum atomic E-state index is 12.6. The molecule has 2 aromatic carbocycles. The number of nitrogens with one attached hydrogen (secondary N) is 2. The average molecular weight is 350 g/mol. The molecule has 2 aromatic rings. The van der Waals surface area contributed by atoms with Gasteiger partial charge in [0, 0.05) is 23.4 Å². The third kappa shape index (κ3) is 4.82. The first kappa shape index (κ1) is 18.5. The Balaban J connectivity index is 2.17. The molecule has 0 bridgehead atoms. The predicted molar refractivity (Wildman–Crippen MR) is 89.5 cm³/mol. The van der Waals surface area contributed by atoms with Crippen molar-refractivity contribution in [2.24, 2.45) is 0 Å². The van der Waals surface area contributed by atoms with E-state index in [-0.39, 0.29) is 11.5 Å². The molecule has 0 aliphatic carbocycles. The van der Waals surface area contributed by atoms with Gasteiger partial charge in [-0.15, -0.1) is 0 Å². The van der Waals surface area contributed by atoms with Gasteiger partial charge in [-0.05, 0) is 48.9 Å². The number of carbonyl (C=O) groups excluding carboxylic acids is 2. The number of hydrogen-bond donors (Lipinski definition) is 2. The summed E-state index contributed by atoms with van der Waals surface area (Å²) in [6.07, 6.45) is -4.13. The fraction of sp³-hybridized carbons (Fsp3) is 0.222. The van der Waals surface area contributed by atoms with Crippen molar-refractivity contribution in [1.82, 2.24) is 0 Å². The van der Waals surface area contributed by atoms with Crippen LogP contribution in [0.15, 0.2) is 42.5 Å². The molecule has 0 heterocycles. The van der Waals surface area contributed by atoms with Gasteiger partial charge in [-0.1, -0.05) is 13.0 Å². The van der Waals surface area contributed by atoms with Crippen molar-refractivity contribution in [2.45, 2.75) is 26.4 Å². The molecule has 0 aliphatic rings. The minimum Gasteiger partial charge on any atom is -0.326 e. The highest BCUT2D eigenvalue weighted by Crippen LogP contribution is 2.29. The van der Waals surface area contributed by atoms with Crippen LogP contribution in [0.5, 0.6) is 0 Å². The Bertz CT molecular complexity index is 784. The molecule has 2 amide bonds. The minimum absolute atomic E-state index is 0.107. The second kappa shape index (κ2) is 7.38. The summed E-state index contributed by atoms with van der Waals surface area (Å²) < 4.78 is 37.7. The highest BCUT2D eigenvalue weighted by molar-refractivity contribution is 6.05. The number of alkyl halides is 3. The molecule has 0 unspecified atom stereocenters. The third-order valence-corrected chi connectivity index (χ3v) is 3.57. The second-order valence-corrected chi connectivity index (χ2v) is 5.46. The van der Waals surface area contributed by atoms with Crippen LogP contribution in [-0.2, 0) is 11.0 Å². The normalized spacial score (nSPS) is 11.1.